The van der Waals surface area contributed by atoms with Gasteiger partial charge in [-0.15, -0.1) is 11.3 Å². The van der Waals surface area contributed by atoms with E-state index in [1.54, 1.807) is 11.3 Å². The molecule has 0 saturated carbocycles. The van der Waals surface area contributed by atoms with Crippen LogP contribution in [-0.4, -0.2) is 10.1 Å². The Balaban J connectivity index is 2.11. The summed E-state index contributed by atoms with van der Waals surface area (Å²) < 4.78 is 0. The number of aromatic nitrogens is 1. The van der Waals surface area contributed by atoms with Gasteiger partial charge in [0.05, 0.1) is 16.8 Å². The van der Waals surface area contributed by atoms with Gasteiger partial charge in [-0.1, -0.05) is 29.8 Å². The molecule has 2 nitrogen and oxygen atoms in total. The summed E-state index contributed by atoms with van der Waals surface area (Å²) in [5.41, 5.74) is 3.24. The summed E-state index contributed by atoms with van der Waals surface area (Å²) in [6, 6.07) is 8.01. The van der Waals surface area contributed by atoms with Gasteiger partial charge < -0.3 is 5.11 Å². The first-order chi connectivity index (χ1) is 8.06. The smallest absolute Gasteiger partial charge is 0.0960 e. The Morgan fingerprint density at radius 2 is 1.82 bits per heavy atom. The molecule has 1 atom stereocenters. The van der Waals surface area contributed by atoms with Crippen LogP contribution in [0.4, 0.5) is 0 Å². The molecule has 0 aliphatic rings. The van der Waals surface area contributed by atoms with E-state index in [0.29, 0.717) is 6.42 Å². The summed E-state index contributed by atoms with van der Waals surface area (Å²) in [4.78, 5) is 5.68. The van der Waals surface area contributed by atoms with Crippen LogP contribution in [-0.2, 0) is 6.42 Å². The lowest BCUT2D eigenvalue weighted by atomic mass is 10.1. The standard InChI is InChI=1S/C14H17NOS/c1-9-4-6-12(7-5-9)13(16)8-14-15-10(2)11(3)17-14/h4-7,13,16H,8H2,1-3H3. The number of benzene rings is 1. The van der Waals surface area contributed by atoms with E-state index in [4.69, 9.17) is 0 Å². The van der Waals surface area contributed by atoms with Crippen LogP contribution in [0.15, 0.2) is 24.3 Å². The molecule has 1 heterocycles. The number of aliphatic hydroxyl groups is 1. The Kier molecular flexibility index (Phi) is 3.60. The van der Waals surface area contributed by atoms with Crippen molar-refractivity contribution < 1.29 is 5.11 Å². The first-order valence-corrected chi connectivity index (χ1v) is 6.55. The molecule has 0 fully saturated rings. The third kappa shape index (κ3) is 2.93. The number of hydrogen-bond acceptors (Lipinski definition) is 3. The number of aryl methyl sites for hydroxylation is 3. The number of hydrogen-bond donors (Lipinski definition) is 1. The van der Waals surface area contributed by atoms with E-state index in [1.165, 1.54) is 10.4 Å². The molecule has 1 aromatic carbocycles. The van der Waals surface area contributed by atoms with Gasteiger partial charge in [-0.2, -0.15) is 0 Å². The van der Waals surface area contributed by atoms with Gasteiger partial charge in [-0.25, -0.2) is 4.98 Å². The van der Waals surface area contributed by atoms with Crippen LogP contribution < -0.4 is 0 Å². The normalized spacial score (nSPS) is 12.7. The lowest BCUT2D eigenvalue weighted by molar-refractivity contribution is 0.178. The van der Waals surface area contributed by atoms with Crippen molar-refractivity contribution >= 4 is 11.3 Å². The Morgan fingerprint density at radius 1 is 1.18 bits per heavy atom. The van der Waals surface area contributed by atoms with Crippen LogP contribution in [0.1, 0.15) is 32.8 Å². The lowest BCUT2D eigenvalue weighted by Gasteiger charge is -2.09. The topological polar surface area (TPSA) is 33.1 Å². The summed E-state index contributed by atoms with van der Waals surface area (Å²) >= 11 is 1.67. The van der Waals surface area contributed by atoms with Gasteiger partial charge in [0.1, 0.15) is 0 Å². The number of rotatable bonds is 3. The molecule has 2 rings (SSSR count). The van der Waals surface area contributed by atoms with Crippen LogP contribution in [0.25, 0.3) is 0 Å². The van der Waals surface area contributed by atoms with Gasteiger partial charge in [0, 0.05) is 11.3 Å². The SMILES string of the molecule is Cc1ccc(C(O)Cc2nc(C)c(C)s2)cc1. The van der Waals surface area contributed by atoms with Gasteiger partial charge in [0.15, 0.2) is 0 Å². The van der Waals surface area contributed by atoms with E-state index in [2.05, 4.69) is 11.9 Å². The monoisotopic (exact) mass is 247 g/mol. The van der Waals surface area contributed by atoms with Crippen molar-refractivity contribution in [3.63, 3.8) is 0 Å². The average Bonchev–Trinajstić information content (AvgIpc) is 2.58. The molecule has 1 aromatic heterocycles. The third-order valence-electron chi connectivity index (χ3n) is 2.90. The highest BCUT2D eigenvalue weighted by molar-refractivity contribution is 7.11. The molecule has 0 spiro atoms. The Bertz CT molecular complexity index is 482. The maximum atomic E-state index is 10.1. The maximum Gasteiger partial charge on any atom is 0.0960 e. The van der Waals surface area contributed by atoms with Gasteiger partial charge in [-0.3, -0.25) is 0 Å². The second kappa shape index (κ2) is 4.98. The van der Waals surface area contributed by atoms with Gasteiger partial charge >= 0.3 is 0 Å². The van der Waals surface area contributed by atoms with E-state index in [9.17, 15) is 5.11 Å². The fraction of sp³-hybridized carbons (Fsp3) is 0.357. The van der Waals surface area contributed by atoms with Crippen molar-refractivity contribution in [1.29, 1.82) is 0 Å². The van der Waals surface area contributed by atoms with E-state index < -0.39 is 6.10 Å². The first-order valence-electron chi connectivity index (χ1n) is 5.74. The van der Waals surface area contributed by atoms with Gasteiger partial charge in [-0.05, 0) is 26.3 Å². The quantitative estimate of drug-likeness (QED) is 0.902. The minimum atomic E-state index is -0.458. The number of aliphatic hydroxyl groups excluding tert-OH is 1. The summed E-state index contributed by atoms with van der Waals surface area (Å²) in [5.74, 6) is 0. The predicted molar refractivity (Wildman–Crippen MR) is 71.4 cm³/mol. The third-order valence-corrected chi connectivity index (χ3v) is 4.00. The van der Waals surface area contributed by atoms with Crippen molar-refractivity contribution in [3.8, 4) is 0 Å². The van der Waals surface area contributed by atoms with Crippen LogP contribution in [0.3, 0.4) is 0 Å². The van der Waals surface area contributed by atoms with Crippen molar-refractivity contribution in [2.24, 2.45) is 0 Å². The molecule has 0 aliphatic carbocycles. The van der Waals surface area contributed by atoms with E-state index in [0.717, 1.165) is 16.3 Å². The molecule has 3 heteroatoms. The first kappa shape index (κ1) is 12.3. The zero-order valence-electron chi connectivity index (χ0n) is 10.4. The summed E-state index contributed by atoms with van der Waals surface area (Å²) in [6.07, 6.45) is 0.142. The van der Waals surface area contributed by atoms with Crippen molar-refractivity contribution in [2.45, 2.75) is 33.3 Å². The Hall–Kier alpha value is -1.19. The molecular formula is C14H17NOS. The van der Waals surface area contributed by atoms with Crippen molar-refractivity contribution in [3.05, 3.63) is 51.0 Å². The van der Waals surface area contributed by atoms with Crippen molar-refractivity contribution in [1.82, 2.24) is 4.98 Å². The second-order valence-corrected chi connectivity index (χ2v) is 5.67. The minimum Gasteiger partial charge on any atom is -0.388 e. The van der Waals surface area contributed by atoms with Crippen LogP contribution in [0.5, 0.6) is 0 Å². The zero-order valence-corrected chi connectivity index (χ0v) is 11.2. The minimum absolute atomic E-state index is 0.458. The van der Waals surface area contributed by atoms with Crippen LogP contribution in [0.2, 0.25) is 0 Å². The zero-order chi connectivity index (χ0) is 12.4. The molecule has 0 aliphatic heterocycles. The molecule has 90 valence electrons. The van der Waals surface area contributed by atoms with Crippen LogP contribution in [0, 0.1) is 20.8 Å². The fourth-order valence-electron chi connectivity index (χ4n) is 1.70. The molecule has 2 aromatic rings. The molecule has 1 N–H and O–H groups in total. The molecule has 0 bridgehead atoms. The summed E-state index contributed by atoms with van der Waals surface area (Å²) in [6.45, 7) is 6.12. The Morgan fingerprint density at radius 3 is 2.35 bits per heavy atom. The van der Waals surface area contributed by atoms with E-state index in [1.807, 2.05) is 38.1 Å². The molecule has 0 radical (unpaired) electrons. The average molecular weight is 247 g/mol. The van der Waals surface area contributed by atoms with E-state index in [-0.39, 0.29) is 0 Å². The lowest BCUT2D eigenvalue weighted by Crippen LogP contribution is -2.01. The van der Waals surface area contributed by atoms with Crippen LogP contribution >= 0.6 is 11.3 Å². The molecule has 0 amide bonds. The fourth-order valence-corrected chi connectivity index (χ4v) is 2.67. The largest absolute Gasteiger partial charge is 0.388 e. The molecule has 0 saturated heterocycles. The molecule has 1 unspecified atom stereocenters. The second-order valence-electron chi connectivity index (χ2n) is 4.38. The molecular weight excluding hydrogens is 230 g/mol. The highest BCUT2D eigenvalue weighted by atomic mass is 32.1. The maximum absolute atomic E-state index is 10.1. The highest BCUT2D eigenvalue weighted by Crippen LogP contribution is 2.23. The summed E-state index contributed by atoms with van der Waals surface area (Å²) in [7, 11) is 0. The van der Waals surface area contributed by atoms with Crippen molar-refractivity contribution in [2.75, 3.05) is 0 Å². The number of nitrogens with zero attached hydrogens (tertiary/aromatic N) is 1. The van der Waals surface area contributed by atoms with E-state index >= 15 is 0 Å². The summed E-state index contributed by atoms with van der Waals surface area (Å²) in [5, 5.41) is 11.1. The molecule has 17 heavy (non-hydrogen) atoms. The number of thiazole rings is 1. The van der Waals surface area contributed by atoms with Gasteiger partial charge in [0.25, 0.3) is 0 Å². The highest BCUT2D eigenvalue weighted by Gasteiger charge is 2.12. The van der Waals surface area contributed by atoms with Gasteiger partial charge in [0.2, 0.25) is 0 Å². The Labute approximate surface area is 106 Å². The predicted octanol–water partition coefficient (Wildman–Crippen LogP) is 3.34.